The summed E-state index contributed by atoms with van der Waals surface area (Å²) in [7, 11) is 0. The van der Waals surface area contributed by atoms with Crippen LogP contribution in [0.4, 0.5) is 0 Å². The molecule has 2 bridgehead atoms. The summed E-state index contributed by atoms with van der Waals surface area (Å²) in [6.45, 7) is 6.35. The Morgan fingerprint density at radius 2 is 1.73 bits per heavy atom. The lowest BCUT2D eigenvalue weighted by Crippen LogP contribution is -2.15. The number of benzene rings is 4. The third-order valence-corrected chi connectivity index (χ3v) is 8.03. The van der Waals surface area contributed by atoms with Crippen molar-refractivity contribution in [3.63, 3.8) is 0 Å². The molecule has 5 heteroatoms. The number of aromatic nitrogens is 1. The lowest BCUT2D eigenvalue weighted by molar-refractivity contribution is 0.0512. The lowest BCUT2D eigenvalue weighted by Gasteiger charge is -2.17. The van der Waals surface area contributed by atoms with Crippen LogP contribution >= 0.6 is 0 Å². The molecule has 0 saturated heterocycles. The predicted molar refractivity (Wildman–Crippen MR) is 165 cm³/mol. The number of hydrogen-bond acceptors (Lipinski definition) is 4. The second kappa shape index (κ2) is 12.1. The summed E-state index contributed by atoms with van der Waals surface area (Å²) in [6, 6.07) is 27.2. The van der Waals surface area contributed by atoms with Crippen LogP contribution in [-0.4, -0.2) is 30.4 Å². The minimum Gasteiger partial charge on any atom is -0.494 e. The molecule has 2 heterocycles. The van der Waals surface area contributed by atoms with E-state index in [4.69, 9.17) is 14.2 Å². The minimum absolute atomic E-state index is 0.250. The first kappa shape index (κ1) is 26.9. The van der Waals surface area contributed by atoms with E-state index in [1.165, 1.54) is 10.9 Å². The first-order valence-electron chi connectivity index (χ1n) is 14.8. The predicted octanol–water partition coefficient (Wildman–Crippen LogP) is 8.52. The average molecular weight is 548 g/mol. The van der Waals surface area contributed by atoms with Crippen molar-refractivity contribution in [2.45, 2.75) is 52.5 Å². The highest BCUT2D eigenvalue weighted by molar-refractivity contribution is 6.04. The van der Waals surface area contributed by atoms with Gasteiger partial charge in [0, 0.05) is 22.9 Å². The Morgan fingerprint density at radius 3 is 2.63 bits per heavy atom. The summed E-state index contributed by atoms with van der Waals surface area (Å²) in [4.78, 5) is 13.6. The molecule has 0 saturated carbocycles. The fourth-order valence-corrected chi connectivity index (χ4v) is 6.08. The highest BCUT2D eigenvalue weighted by Crippen LogP contribution is 2.38. The fraction of sp³-hybridized carbons (Fsp3) is 0.306. The summed E-state index contributed by atoms with van der Waals surface area (Å²) in [5, 5.41) is 3.39. The van der Waals surface area contributed by atoms with Crippen molar-refractivity contribution in [2.24, 2.45) is 0 Å². The van der Waals surface area contributed by atoms with Gasteiger partial charge in [-0.3, -0.25) is 0 Å². The van der Waals surface area contributed by atoms with E-state index in [1.807, 2.05) is 31.2 Å². The first-order valence-corrected chi connectivity index (χ1v) is 14.8. The van der Waals surface area contributed by atoms with Gasteiger partial charge >= 0.3 is 5.97 Å². The maximum absolute atomic E-state index is 13.6. The van der Waals surface area contributed by atoms with Crippen molar-refractivity contribution in [3.05, 3.63) is 95.7 Å². The van der Waals surface area contributed by atoms with Gasteiger partial charge in [0.1, 0.15) is 17.2 Å². The molecule has 0 unspecified atom stereocenters. The number of esters is 1. The van der Waals surface area contributed by atoms with E-state index in [0.29, 0.717) is 31.9 Å². The number of hydrogen-bond donors (Lipinski definition) is 0. The van der Waals surface area contributed by atoms with Gasteiger partial charge in [0.2, 0.25) is 0 Å². The normalized spacial score (nSPS) is 13.3. The molecule has 0 N–H and O–H groups in total. The van der Waals surface area contributed by atoms with Crippen molar-refractivity contribution in [1.82, 2.24) is 4.57 Å². The van der Waals surface area contributed by atoms with Crippen LogP contribution in [0.15, 0.2) is 78.9 Å². The van der Waals surface area contributed by atoms with Crippen LogP contribution in [0.5, 0.6) is 11.5 Å². The van der Waals surface area contributed by atoms with Gasteiger partial charge in [-0.1, -0.05) is 60.7 Å². The first-order chi connectivity index (χ1) is 20.2. The molecule has 0 aliphatic carbocycles. The molecule has 1 aliphatic heterocycles. The topological polar surface area (TPSA) is 49.7 Å². The zero-order chi connectivity index (χ0) is 28.2. The van der Waals surface area contributed by atoms with Crippen molar-refractivity contribution in [2.75, 3.05) is 19.8 Å². The minimum atomic E-state index is -0.250. The van der Waals surface area contributed by atoms with E-state index < -0.39 is 0 Å². The van der Waals surface area contributed by atoms with Crippen LogP contribution < -0.4 is 9.47 Å². The standard InChI is InChI=1S/C36H37NO4/c1-3-39-36(38)35-30(17-11-23-41-33-18-9-13-26-12-5-6-14-28(26)33)29-15-10-16-31-32-24-27(20-19-25(32)2)40-22-8-4-7-21-37(35)34(29)31/h5-6,9-10,12-16,18-20,24H,3-4,7-8,11,17,21-23H2,1-2H3. The number of aryl methyl sites for hydroxylation is 3. The molecule has 1 aromatic heterocycles. The zero-order valence-corrected chi connectivity index (χ0v) is 23.9. The number of ether oxygens (including phenoxy) is 3. The van der Waals surface area contributed by atoms with Crippen LogP contribution in [0.1, 0.15) is 54.2 Å². The van der Waals surface area contributed by atoms with Crippen LogP contribution in [0.25, 0.3) is 32.8 Å². The Balaban J connectivity index is 1.40. The molecule has 5 nitrogen and oxygen atoms in total. The number of nitrogens with zero attached hydrogens (tertiary/aromatic N) is 1. The van der Waals surface area contributed by atoms with Crippen LogP contribution in [-0.2, 0) is 17.7 Å². The molecule has 210 valence electrons. The van der Waals surface area contributed by atoms with Crippen LogP contribution in [0.2, 0.25) is 0 Å². The molecule has 0 fully saturated rings. The van der Waals surface area contributed by atoms with Gasteiger partial charge in [-0.2, -0.15) is 0 Å². The highest BCUT2D eigenvalue weighted by atomic mass is 16.5. The molecule has 41 heavy (non-hydrogen) atoms. The smallest absolute Gasteiger partial charge is 0.355 e. The third kappa shape index (κ3) is 5.41. The van der Waals surface area contributed by atoms with Crippen molar-refractivity contribution < 1.29 is 19.0 Å². The average Bonchev–Trinajstić information content (AvgIpc) is 3.31. The van der Waals surface area contributed by atoms with E-state index in [9.17, 15) is 4.79 Å². The van der Waals surface area contributed by atoms with E-state index in [1.54, 1.807) is 0 Å². The molecule has 0 radical (unpaired) electrons. The Bertz CT molecular complexity index is 1690. The van der Waals surface area contributed by atoms with Gasteiger partial charge in [-0.15, -0.1) is 0 Å². The lowest BCUT2D eigenvalue weighted by atomic mass is 9.96. The van der Waals surface area contributed by atoms with E-state index in [0.717, 1.165) is 76.7 Å². The van der Waals surface area contributed by atoms with E-state index in [2.05, 4.69) is 66.1 Å². The Kier molecular flexibility index (Phi) is 7.95. The molecule has 5 aromatic rings. The Hall–Kier alpha value is -4.25. The Labute approximate surface area is 241 Å². The van der Waals surface area contributed by atoms with Crippen molar-refractivity contribution in [3.8, 4) is 22.6 Å². The fourth-order valence-electron chi connectivity index (χ4n) is 6.08. The molecule has 0 amide bonds. The third-order valence-electron chi connectivity index (χ3n) is 8.03. The van der Waals surface area contributed by atoms with Gasteiger partial charge in [0.15, 0.2) is 0 Å². The molecule has 0 spiro atoms. The van der Waals surface area contributed by atoms with Crippen LogP contribution in [0, 0.1) is 6.92 Å². The van der Waals surface area contributed by atoms with Gasteiger partial charge in [0.05, 0.1) is 25.3 Å². The van der Waals surface area contributed by atoms with Crippen molar-refractivity contribution >= 4 is 27.6 Å². The maximum atomic E-state index is 13.6. The SMILES string of the molecule is CCOC(=O)c1c(CCCOc2cccc3ccccc23)c2cccc3c2n1CCCCCOc1ccc(C)c-3c1. The summed E-state index contributed by atoms with van der Waals surface area (Å²) in [5.74, 6) is 1.53. The second-order valence-electron chi connectivity index (χ2n) is 10.7. The maximum Gasteiger partial charge on any atom is 0.355 e. The number of rotatable bonds is 7. The second-order valence-corrected chi connectivity index (χ2v) is 10.7. The van der Waals surface area contributed by atoms with Gasteiger partial charge in [-0.25, -0.2) is 4.79 Å². The van der Waals surface area contributed by atoms with Gasteiger partial charge < -0.3 is 18.8 Å². The number of carbonyl (C=O) groups excluding carboxylic acids is 1. The number of para-hydroxylation sites is 1. The quantitative estimate of drug-likeness (QED) is 0.151. The highest BCUT2D eigenvalue weighted by Gasteiger charge is 2.26. The van der Waals surface area contributed by atoms with E-state index in [-0.39, 0.29) is 5.97 Å². The monoisotopic (exact) mass is 547 g/mol. The summed E-state index contributed by atoms with van der Waals surface area (Å²) in [6.07, 6.45) is 4.46. The van der Waals surface area contributed by atoms with Gasteiger partial charge in [0.25, 0.3) is 0 Å². The largest absolute Gasteiger partial charge is 0.494 e. The summed E-state index contributed by atoms with van der Waals surface area (Å²) in [5.41, 5.74) is 6.26. The van der Waals surface area contributed by atoms with Crippen molar-refractivity contribution in [1.29, 1.82) is 0 Å². The molecule has 6 rings (SSSR count). The van der Waals surface area contributed by atoms with Gasteiger partial charge in [-0.05, 0) is 86.2 Å². The number of fused-ring (bicyclic) bond motifs is 4. The molecular formula is C36H37NO4. The molecular weight excluding hydrogens is 510 g/mol. The Morgan fingerprint density at radius 1 is 0.902 bits per heavy atom. The number of carbonyl (C=O) groups is 1. The van der Waals surface area contributed by atoms with Crippen LogP contribution in [0.3, 0.4) is 0 Å². The molecule has 4 aromatic carbocycles. The summed E-state index contributed by atoms with van der Waals surface area (Å²) >= 11 is 0. The van der Waals surface area contributed by atoms with E-state index >= 15 is 0 Å². The molecule has 1 aliphatic rings. The summed E-state index contributed by atoms with van der Waals surface area (Å²) < 4.78 is 20.3. The zero-order valence-electron chi connectivity index (χ0n) is 23.9. The molecule has 0 atom stereocenters.